The molecule has 0 saturated carbocycles. The van der Waals surface area contributed by atoms with Crippen LogP contribution >= 0.6 is 0 Å². The third-order valence-corrected chi connectivity index (χ3v) is 9.98. The SMILES string of the molecule is COc1ccc(C(=O)COC(=O)c2ccc(N3C(=O)CC(C(C#N)(C#N)C4CC(=O)N(c5ccc(C(=O)OCC(=O)c6ccc(OC)cc6)cc5)C4=O)C3=O)cc2)cc1. The van der Waals surface area contributed by atoms with Gasteiger partial charge in [0.25, 0.3) is 0 Å². The molecule has 16 nitrogen and oxygen atoms in total. The van der Waals surface area contributed by atoms with Crippen molar-refractivity contribution in [3.63, 3.8) is 0 Å². The molecule has 2 unspecified atom stereocenters. The van der Waals surface area contributed by atoms with E-state index < -0.39 is 90.4 Å². The predicted molar refractivity (Wildman–Crippen MR) is 203 cm³/mol. The Bertz CT molecular complexity index is 2280. The van der Waals surface area contributed by atoms with Crippen molar-refractivity contribution in [3.8, 4) is 23.6 Å². The van der Waals surface area contributed by atoms with E-state index in [0.29, 0.717) is 22.6 Å². The molecular formula is C43H32N4O12. The van der Waals surface area contributed by atoms with Gasteiger partial charge < -0.3 is 18.9 Å². The van der Waals surface area contributed by atoms with Gasteiger partial charge in [-0.15, -0.1) is 0 Å². The Hall–Kier alpha value is -7.98. The number of nitriles is 2. The van der Waals surface area contributed by atoms with Crippen LogP contribution in [0.5, 0.6) is 11.5 Å². The number of nitrogens with zero attached hydrogens (tertiary/aromatic N) is 4. The van der Waals surface area contributed by atoms with Crippen LogP contribution < -0.4 is 19.3 Å². The van der Waals surface area contributed by atoms with Crippen LogP contribution in [0.4, 0.5) is 11.4 Å². The molecule has 6 rings (SSSR count). The van der Waals surface area contributed by atoms with Gasteiger partial charge in [-0.05, 0) is 97.1 Å². The van der Waals surface area contributed by atoms with Gasteiger partial charge in [0.05, 0.1) is 60.7 Å². The summed E-state index contributed by atoms with van der Waals surface area (Å²) in [6.45, 7) is -1.12. The molecule has 0 aliphatic carbocycles. The zero-order valence-electron chi connectivity index (χ0n) is 31.4. The zero-order valence-corrected chi connectivity index (χ0v) is 31.4. The summed E-state index contributed by atoms with van der Waals surface area (Å²) in [6.07, 6.45) is -1.26. The number of methoxy groups -OCH3 is 2. The largest absolute Gasteiger partial charge is 0.497 e. The second kappa shape index (κ2) is 17.0. The minimum Gasteiger partial charge on any atom is -0.497 e. The number of imide groups is 2. The van der Waals surface area contributed by atoms with Crippen LogP contribution in [0.2, 0.25) is 0 Å². The predicted octanol–water partition coefficient (Wildman–Crippen LogP) is 4.28. The van der Waals surface area contributed by atoms with E-state index in [4.69, 9.17) is 18.9 Å². The zero-order chi connectivity index (χ0) is 42.4. The lowest BCUT2D eigenvalue weighted by Gasteiger charge is -2.28. The molecule has 59 heavy (non-hydrogen) atoms. The summed E-state index contributed by atoms with van der Waals surface area (Å²) in [6, 6.07) is 26.1. The van der Waals surface area contributed by atoms with Crippen LogP contribution in [0, 0.1) is 39.9 Å². The van der Waals surface area contributed by atoms with Crippen LogP contribution in [0.1, 0.15) is 54.3 Å². The summed E-state index contributed by atoms with van der Waals surface area (Å²) < 4.78 is 20.4. The molecule has 4 aromatic carbocycles. The van der Waals surface area contributed by atoms with Crippen LogP contribution in [-0.4, -0.2) is 74.6 Å². The molecule has 0 N–H and O–H groups in total. The lowest BCUT2D eigenvalue weighted by Crippen LogP contribution is -2.44. The highest BCUT2D eigenvalue weighted by Crippen LogP contribution is 2.47. The van der Waals surface area contributed by atoms with E-state index in [0.717, 1.165) is 9.80 Å². The van der Waals surface area contributed by atoms with Gasteiger partial charge in [-0.1, -0.05) is 0 Å². The van der Waals surface area contributed by atoms with E-state index in [1.807, 2.05) is 0 Å². The number of hydrogen-bond acceptors (Lipinski definition) is 14. The van der Waals surface area contributed by atoms with Gasteiger partial charge in [0.2, 0.25) is 23.6 Å². The topological polar surface area (TPSA) is 228 Å². The number of anilines is 2. The quantitative estimate of drug-likeness (QED) is 0.0986. The standard InChI is InChI=1S/C43H32N4O12/c1-56-31-15-7-25(8-16-31)35(48)21-58-41(54)27-3-11-29(12-4-27)46-37(50)19-33(39(46)52)43(23-44,24-45)34-20-38(51)47(40(34)53)30-13-5-28(6-14-30)42(55)59-22-36(49)26-9-17-32(57-2)18-10-26/h3-18,33-34H,19-22H2,1-2H3. The minimum atomic E-state index is -2.44. The maximum Gasteiger partial charge on any atom is 0.338 e. The van der Waals surface area contributed by atoms with Gasteiger partial charge in [0.15, 0.2) is 30.2 Å². The summed E-state index contributed by atoms with van der Waals surface area (Å²) in [5.41, 5.74) is -1.87. The number of benzene rings is 4. The highest BCUT2D eigenvalue weighted by atomic mass is 16.5. The van der Waals surface area contributed by atoms with Gasteiger partial charge in [-0.25, -0.2) is 9.59 Å². The van der Waals surface area contributed by atoms with Crippen molar-refractivity contribution < 1.29 is 57.3 Å². The molecule has 16 heteroatoms. The van der Waals surface area contributed by atoms with Gasteiger partial charge in [-0.2, -0.15) is 10.5 Å². The Morgan fingerprint density at radius 2 is 0.881 bits per heavy atom. The number of carbonyl (C=O) groups is 8. The third-order valence-electron chi connectivity index (χ3n) is 9.98. The summed E-state index contributed by atoms with van der Waals surface area (Å²) in [4.78, 5) is 106. The number of esters is 2. The van der Waals surface area contributed by atoms with E-state index in [9.17, 15) is 48.9 Å². The van der Waals surface area contributed by atoms with Crippen molar-refractivity contribution in [1.29, 1.82) is 10.5 Å². The van der Waals surface area contributed by atoms with Crippen LogP contribution in [0.15, 0.2) is 97.1 Å². The lowest BCUT2D eigenvalue weighted by atomic mass is 9.67. The molecule has 2 aliphatic rings. The van der Waals surface area contributed by atoms with E-state index in [1.54, 1.807) is 36.4 Å². The van der Waals surface area contributed by atoms with Gasteiger partial charge in [-0.3, -0.25) is 38.6 Å². The van der Waals surface area contributed by atoms with Crippen molar-refractivity contribution in [2.75, 3.05) is 37.2 Å². The molecule has 2 aliphatic heterocycles. The smallest absolute Gasteiger partial charge is 0.338 e. The van der Waals surface area contributed by atoms with E-state index in [2.05, 4.69) is 0 Å². The second-order valence-electron chi connectivity index (χ2n) is 13.3. The number of ketones is 2. The number of Topliss-reactive ketones (excluding diaryl/α,β-unsaturated/α-hetero) is 2. The number of hydrogen-bond donors (Lipinski definition) is 0. The summed E-state index contributed by atoms with van der Waals surface area (Å²) in [5.74, 6) is -8.36. The first kappa shape index (κ1) is 40.7. The van der Waals surface area contributed by atoms with Crippen LogP contribution in [0.25, 0.3) is 0 Å². The summed E-state index contributed by atoms with van der Waals surface area (Å²) in [7, 11) is 2.96. The maximum absolute atomic E-state index is 13.8. The van der Waals surface area contributed by atoms with E-state index in [-0.39, 0.29) is 22.5 Å². The minimum absolute atomic E-state index is 0.00250. The Balaban J connectivity index is 1.10. The first-order valence-electron chi connectivity index (χ1n) is 17.8. The molecule has 0 aromatic heterocycles. The normalized spacial score (nSPS) is 16.3. The number of rotatable bonds is 14. The number of amides is 4. The molecule has 2 saturated heterocycles. The number of carbonyl (C=O) groups excluding carboxylic acids is 8. The first-order valence-corrected chi connectivity index (χ1v) is 17.8. The third kappa shape index (κ3) is 8.01. The maximum atomic E-state index is 13.8. The van der Waals surface area contributed by atoms with Crippen LogP contribution in [0.3, 0.4) is 0 Å². The van der Waals surface area contributed by atoms with Gasteiger partial charge >= 0.3 is 11.9 Å². The molecule has 296 valence electrons. The lowest BCUT2D eigenvalue weighted by molar-refractivity contribution is -0.126. The van der Waals surface area contributed by atoms with E-state index >= 15 is 0 Å². The molecule has 0 spiro atoms. The summed E-state index contributed by atoms with van der Waals surface area (Å²) >= 11 is 0. The van der Waals surface area contributed by atoms with Crippen molar-refractivity contribution in [2.24, 2.45) is 17.3 Å². The average molecular weight is 797 g/mol. The fraction of sp³-hybridized carbons (Fsp3) is 0.209. The Labute approximate surface area is 336 Å². The van der Waals surface area contributed by atoms with Gasteiger partial charge in [0.1, 0.15) is 11.5 Å². The monoisotopic (exact) mass is 796 g/mol. The molecular weight excluding hydrogens is 764 g/mol. The van der Waals surface area contributed by atoms with Crippen molar-refractivity contribution in [3.05, 3.63) is 119 Å². The Kier molecular flexibility index (Phi) is 11.7. The first-order chi connectivity index (χ1) is 28.3. The van der Waals surface area contributed by atoms with E-state index in [1.165, 1.54) is 87.0 Å². The fourth-order valence-electron chi connectivity index (χ4n) is 6.74. The Morgan fingerprint density at radius 1 is 0.559 bits per heavy atom. The van der Waals surface area contributed by atoms with Crippen molar-refractivity contribution >= 4 is 58.5 Å². The molecule has 2 atom stereocenters. The molecule has 2 heterocycles. The highest BCUT2D eigenvalue weighted by Gasteiger charge is 2.62. The molecule has 0 radical (unpaired) electrons. The number of ether oxygens (including phenoxy) is 4. The molecule has 4 aromatic rings. The van der Waals surface area contributed by atoms with Crippen molar-refractivity contribution in [2.45, 2.75) is 12.8 Å². The Morgan fingerprint density at radius 3 is 1.19 bits per heavy atom. The van der Waals surface area contributed by atoms with Crippen molar-refractivity contribution in [1.82, 2.24) is 0 Å². The average Bonchev–Trinajstić information content (AvgIpc) is 3.74. The highest BCUT2D eigenvalue weighted by molar-refractivity contribution is 6.24. The van der Waals surface area contributed by atoms with Crippen LogP contribution in [-0.2, 0) is 28.7 Å². The summed E-state index contributed by atoms with van der Waals surface area (Å²) in [5, 5.41) is 20.8. The second-order valence-corrected chi connectivity index (χ2v) is 13.3. The molecule has 2 fully saturated rings. The fourth-order valence-corrected chi connectivity index (χ4v) is 6.74. The molecule has 4 amide bonds. The molecule has 0 bridgehead atoms. The van der Waals surface area contributed by atoms with Gasteiger partial charge in [0, 0.05) is 24.0 Å².